The fourth-order valence-electron chi connectivity index (χ4n) is 6.12. The number of carbonyl (C=O) groups is 2. The van der Waals surface area contributed by atoms with Crippen LogP contribution in [0.25, 0.3) is 0 Å². The van der Waals surface area contributed by atoms with Crippen molar-refractivity contribution in [1.29, 1.82) is 0 Å². The summed E-state index contributed by atoms with van der Waals surface area (Å²) >= 11 is 0. The highest BCUT2D eigenvalue weighted by atomic mass is 16.5. The molecule has 2 fully saturated rings. The largest absolute Gasteiger partial charge is 0.497 e. The van der Waals surface area contributed by atoms with Gasteiger partial charge in [-0.05, 0) is 100 Å². The van der Waals surface area contributed by atoms with E-state index in [9.17, 15) is 14.7 Å². The predicted molar refractivity (Wildman–Crippen MR) is 177 cm³/mol. The van der Waals surface area contributed by atoms with Crippen molar-refractivity contribution in [2.45, 2.75) is 64.4 Å². The van der Waals surface area contributed by atoms with E-state index in [1.54, 1.807) is 57.6 Å². The molecular weight excluding hydrogens is 584 g/mol. The van der Waals surface area contributed by atoms with Crippen LogP contribution in [0, 0.1) is 11.8 Å². The molecule has 10 nitrogen and oxygen atoms in total. The molecule has 1 aromatic carbocycles. The molecule has 1 unspecified atom stereocenters. The van der Waals surface area contributed by atoms with Gasteiger partial charge in [-0.25, -0.2) is 9.97 Å². The zero-order valence-electron chi connectivity index (χ0n) is 27.4. The van der Waals surface area contributed by atoms with Crippen LogP contribution in [-0.4, -0.2) is 72.5 Å². The third kappa shape index (κ3) is 8.75. The summed E-state index contributed by atoms with van der Waals surface area (Å²) in [6, 6.07) is 14.9. The van der Waals surface area contributed by atoms with Gasteiger partial charge in [-0.2, -0.15) is 0 Å². The average Bonchev–Trinajstić information content (AvgIpc) is 3.91. The van der Waals surface area contributed by atoms with E-state index >= 15 is 0 Å². The molecule has 0 bridgehead atoms. The van der Waals surface area contributed by atoms with Crippen LogP contribution >= 0.6 is 0 Å². The maximum absolute atomic E-state index is 14.1. The van der Waals surface area contributed by atoms with Crippen LogP contribution in [-0.2, 0) is 9.53 Å². The molecule has 1 aliphatic heterocycles. The minimum atomic E-state index is -1.12. The summed E-state index contributed by atoms with van der Waals surface area (Å²) in [6.07, 6.45) is 7.80. The minimum Gasteiger partial charge on any atom is -0.497 e. The summed E-state index contributed by atoms with van der Waals surface area (Å²) in [7, 11) is 1.62. The van der Waals surface area contributed by atoms with Gasteiger partial charge in [-0.1, -0.05) is 6.07 Å². The summed E-state index contributed by atoms with van der Waals surface area (Å²) in [6.45, 7) is 7.70. The predicted octanol–water partition coefficient (Wildman–Crippen LogP) is 5.65. The summed E-state index contributed by atoms with van der Waals surface area (Å²) in [5.41, 5.74) is 1.28. The number of esters is 1. The first-order chi connectivity index (χ1) is 22.1. The Bertz CT molecular complexity index is 1460. The molecule has 0 radical (unpaired) electrons. The highest BCUT2D eigenvalue weighted by Gasteiger charge is 2.35. The molecule has 3 aromatic rings. The first kappa shape index (κ1) is 33.2. The SMILES string of the molecule is CCOC(=O)CC(c1ccnc(OCC2CCN(c3cc(OC)ccc3C(=O)N(CC(C)(C)O)c3ccccn3)CC2)c1)C1CC1. The molecule has 1 aliphatic carbocycles. The van der Waals surface area contributed by atoms with Crippen molar-refractivity contribution in [2.75, 3.05) is 49.8 Å². The van der Waals surface area contributed by atoms with Gasteiger partial charge in [0.05, 0.1) is 50.1 Å². The molecule has 0 spiro atoms. The molecule has 1 saturated carbocycles. The zero-order chi connectivity index (χ0) is 32.7. The number of carbonyl (C=O) groups excluding carboxylic acids is 2. The molecule has 5 rings (SSSR count). The van der Waals surface area contributed by atoms with Crippen molar-refractivity contribution < 1.29 is 28.9 Å². The number of benzene rings is 1. The number of hydrogen-bond donors (Lipinski definition) is 1. The quantitative estimate of drug-likeness (QED) is 0.226. The Balaban J connectivity index is 1.25. The topological polar surface area (TPSA) is 114 Å². The van der Waals surface area contributed by atoms with Gasteiger partial charge in [-0.3, -0.25) is 14.5 Å². The van der Waals surface area contributed by atoms with Gasteiger partial charge in [-0.15, -0.1) is 0 Å². The Labute approximate surface area is 271 Å². The van der Waals surface area contributed by atoms with Gasteiger partial charge in [0.1, 0.15) is 11.6 Å². The number of piperidine rings is 1. The van der Waals surface area contributed by atoms with Crippen LogP contribution in [0.15, 0.2) is 60.9 Å². The number of amides is 1. The summed E-state index contributed by atoms with van der Waals surface area (Å²) < 4.78 is 17.0. The van der Waals surface area contributed by atoms with Crippen LogP contribution < -0.4 is 19.3 Å². The number of rotatable bonds is 14. The molecule has 46 heavy (non-hydrogen) atoms. The lowest BCUT2D eigenvalue weighted by molar-refractivity contribution is -0.143. The number of methoxy groups -OCH3 is 1. The number of nitrogens with zero attached hydrogens (tertiary/aromatic N) is 4. The second-order valence-corrected chi connectivity index (χ2v) is 12.9. The standard InChI is InChI=1S/C36H46N4O6/c1-5-45-34(41)22-30(26-9-10-26)27-13-17-38-33(20-27)46-23-25-14-18-39(19-15-25)31-21-28(44-4)11-12-29(31)35(42)40(24-36(2,3)43)32-8-6-7-16-37-32/h6-8,11-13,16-17,20-21,25-26,30,43H,5,9-10,14-15,18-19,22-24H2,1-4H3. The zero-order valence-corrected chi connectivity index (χ0v) is 27.4. The van der Waals surface area contributed by atoms with Crippen molar-refractivity contribution in [3.05, 3.63) is 72.1 Å². The van der Waals surface area contributed by atoms with E-state index in [1.165, 1.54) is 4.90 Å². The highest BCUT2D eigenvalue weighted by Crippen LogP contribution is 2.45. The Morgan fingerprint density at radius 3 is 2.48 bits per heavy atom. The fraction of sp³-hybridized carbons (Fsp3) is 0.500. The lowest BCUT2D eigenvalue weighted by Gasteiger charge is -2.35. The molecule has 1 amide bonds. The Kier molecular flexibility index (Phi) is 10.8. The number of hydrogen-bond acceptors (Lipinski definition) is 9. The van der Waals surface area contributed by atoms with E-state index in [0.29, 0.717) is 54.5 Å². The Morgan fingerprint density at radius 1 is 1.04 bits per heavy atom. The van der Waals surface area contributed by atoms with Crippen LogP contribution in [0.1, 0.15) is 74.7 Å². The number of aliphatic hydroxyl groups is 1. The monoisotopic (exact) mass is 630 g/mol. The molecule has 3 heterocycles. The minimum absolute atomic E-state index is 0.0905. The number of aromatic nitrogens is 2. The molecule has 10 heteroatoms. The van der Waals surface area contributed by atoms with E-state index in [2.05, 4.69) is 14.9 Å². The number of anilines is 2. The van der Waals surface area contributed by atoms with E-state index in [4.69, 9.17) is 14.2 Å². The molecule has 1 saturated heterocycles. The fourth-order valence-corrected chi connectivity index (χ4v) is 6.12. The third-order valence-corrected chi connectivity index (χ3v) is 8.64. The van der Waals surface area contributed by atoms with Gasteiger partial charge < -0.3 is 24.2 Å². The first-order valence-corrected chi connectivity index (χ1v) is 16.3. The van der Waals surface area contributed by atoms with Crippen LogP contribution in [0.3, 0.4) is 0 Å². The van der Waals surface area contributed by atoms with E-state index in [-0.39, 0.29) is 24.3 Å². The number of ether oxygens (including phenoxy) is 3. The molecule has 1 N–H and O–H groups in total. The summed E-state index contributed by atoms with van der Waals surface area (Å²) in [4.78, 5) is 38.9. The smallest absolute Gasteiger partial charge is 0.306 e. The molecule has 246 valence electrons. The molecule has 1 atom stereocenters. The third-order valence-electron chi connectivity index (χ3n) is 8.64. The van der Waals surface area contributed by atoms with Crippen molar-refractivity contribution in [3.8, 4) is 11.6 Å². The van der Waals surface area contributed by atoms with Gasteiger partial charge >= 0.3 is 5.97 Å². The van der Waals surface area contributed by atoms with E-state index < -0.39 is 5.60 Å². The van der Waals surface area contributed by atoms with Crippen molar-refractivity contribution in [3.63, 3.8) is 0 Å². The number of pyridine rings is 2. The van der Waals surface area contributed by atoms with Crippen LogP contribution in [0.2, 0.25) is 0 Å². The second kappa shape index (κ2) is 14.9. The maximum atomic E-state index is 14.1. The summed E-state index contributed by atoms with van der Waals surface area (Å²) in [5, 5.41) is 10.6. The van der Waals surface area contributed by atoms with E-state index in [0.717, 1.165) is 50.0 Å². The molecule has 2 aliphatic rings. The average molecular weight is 631 g/mol. The molecule has 2 aromatic heterocycles. The van der Waals surface area contributed by atoms with Crippen LogP contribution in [0.4, 0.5) is 11.5 Å². The van der Waals surface area contributed by atoms with Gasteiger partial charge in [0.2, 0.25) is 5.88 Å². The lowest BCUT2D eigenvalue weighted by Crippen LogP contribution is -2.44. The van der Waals surface area contributed by atoms with Crippen molar-refractivity contribution in [1.82, 2.24) is 9.97 Å². The van der Waals surface area contributed by atoms with Crippen molar-refractivity contribution in [2.24, 2.45) is 11.8 Å². The van der Waals surface area contributed by atoms with Gasteiger partial charge in [0.25, 0.3) is 5.91 Å². The normalized spacial score (nSPS) is 16.1. The van der Waals surface area contributed by atoms with Crippen LogP contribution in [0.5, 0.6) is 11.6 Å². The second-order valence-electron chi connectivity index (χ2n) is 12.9. The first-order valence-electron chi connectivity index (χ1n) is 16.3. The Morgan fingerprint density at radius 2 is 1.83 bits per heavy atom. The van der Waals surface area contributed by atoms with Crippen molar-refractivity contribution >= 4 is 23.4 Å². The highest BCUT2D eigenvalue weighted by molar-refractivity contribution is 6.09. The van der Waals surface area contributed by atoms with Gasteiger partial charge in [0, 0.05) is 37.6 Å². The van der Waals surface area contributed by atoms with E-state index in [1.807, 2.05) is 31.2 Å². The molecular formula is C36H46N4O6. The lowest BCUT2D eigenvalue weighted by atomic mass is 9.92. The Hall–Kier alpha value is -4.18. The summed E-state index contributed by atoms with van der Waals surface area (Å²) in [5.74, 6) is 2.29. The maximum Gasteiger partial charge on any atom is 0.306 e. The van der Waals surface area contributed by atoms with Gasteiger partial charge in [0.15, 0.2) is 0 Å².